The number of rotatable bonds is 5. The average Bonchev–Trinajstić information content (AvgIpc) is 2.85. The summed E-state index contributed by atoms with van der Waals surface area (Å²) in [6.07, 6.45) is 7.04. The third-order valence-corrected chi connectivity index (χ3v) is 9.47. The van der Waals surface area contributed by atoms with Crippen LogP contribution in [-0.2, 0) is 22.5 Å². The third-order valence-electron chi connectivity index (χ3n) is 7.78. The molecule has 0 radical (unpaired) electrons. The van der Waals surface area contributed by atoms with Crippen LogP contribution in [0.1, 0.15) is 67.9 Å². The Balaban J connectivity index is 2.02. The fourth-order valence-electron chi connectivity index (χ4n) is 5.62. The van der Waals surface area contributed by atoms with Gasteiger partial charge < -0.3 is 14.1 Å². The van der Waals surface area contributed by atoms with Crippen molar-refractivity contribution >= 4 is 45.0 Å². The smallest absolute Gasteiger partial charge is 0.411 e. The second-order valence-corrected chi connectivity index (χ2v) is 12.7. The second kappa shape index (κ2) is 10.4. The number of methoxy groups -OCH3 is 1. The first-order valence-electron chi connectivity index (χ1n) is 12.7. The van der Waals surface area contributed by atoms with Crippen molar-refractivity contribution in [3.63, 3.8) is 0 Å². The van der Waals surface area contributed by atoms with Gasteiger partial charge in [-0.25, -0.2) is 4.79 Å². The van der Waals surface area contributed by atoms with Gasteiger partial charge in [-0.05, 0) is 108 Å². The Morgan fingerprint density at radius 2 is 1.95 bits per heavy atom. The molecule has 2 N–H and O–H groups in total. The van der Waals surface area contributed by atoms with Crippen LogP contribution in [0.4, 0.5) is 16.2 Å². The molecule has 2 aliphatic rings. The Labute approximate surface area is 222 Å². The first-order chi connectivity index (χ1) is 17.5. The number of amides is 1. The summed E-state index contributed by atoms with van der Waals surface area (Å²) in [6.45, 7) is 11.6. The van der Waals surface area contributed by atoms with Crippen LogP contribution in [0.5, 0.6) is 0 Å². The zero-order valence-electron chi connectivity index (χ0n) is 22.9. The monoisotopic (exact) mass is 522 g/mol. The minimum absolute atomic E-state index is 0.00599. The summed E-state index contributed by atoms with van der Waals surface area (Å²) in [5.74, 6) is -0.806. The van der Waals surface area contributed by atoms with E-state index in [2.05, 4.69) is 68.0 Å². The summed E-state index contributed by atoms with van der Waals surface area (Å²) in [7, 11) is 1.18. The van der Waals surface area contributed by atoms with Crippen LogP contribution in [0.3, 0.4) is 0 Å². The lowest BCUT2D eigenvalue weighted by Gasteiger charge is -2.39. The van der Waals surface area contributed by atoms with E-state index in [9.17, 15) is 14.7 Å². The van der Waals surface area contributed by atoms with Gasteiger partial charge >= 0.3 is 12.1 Å². The molecule has 0 fully saturated rings. The Morgan fingerprint density at radius 3 is 2.54 bits per heavy atom. The van der Waals surface area contributed by atoms with E-state index in [0.717, 1.165) is 58.3 Å². The molecule has 1 aliphatic carbocycles. The molecule has 2 aromatic carbocycles. The van der Waals surface area contributed by atoms with E-state index in [4.69, 9.17) is 4.74 Å². The molecule has 0 saturated heterocycles. The van der Waals surface area contributed by atoms with Gasteiger partial charge in [0.25, 0.3) is 0 Å². The number of carboxylic acids is 1. The molecule has 1 unspecified atom stereocenters. The van der Waals surface area contributed by atoms with Crippen molar-refractivity contribution in [1.82, 2.24) is 0 Å². The number of anilines is 2. The predicted molar refractivity (Wildman–Crippen MR) is 156 cm³/mol. The van der Waals surface area contributed by atoms with Crippen LogP contribution in [-0.4, -0.2) is 35.9 Å². The lowest BCUT2D eigenvalue weighted by atomic mass is 9.73. The minimum Gasteiger partial charge on any atom is -0.481 e. The maximum absolute atomic E-state index is 12.1. The van der Waals surface area contributed by atoms with Crippen molar-refractivity contribution in [3.8, 4) is 11.1 Å². The van der Waals surface area contributed by atoms with Gasteiger partial charge in [0.15, 0.2) is 0 Å². The van der Waals surface area contributed by atoms with Crippen LogP contribution in [0, 0.1) is 19.3 Å². The molecule has 1 atom stereocenters. The van der Waals surface area contributed by atoms with Crippen molar-refractivity contribution in [1.29, 1.82) is 0 Å². The maximum atomic E-state index is 12.1. The van der Waals surface area contributed by atoms with E-state index in [-0.39, 0.29) is 22.5 Å². The highest BCUT2D eigenvalue weighted by Crippen LogP contribution is 2.52. The maximum Gasteiger partial charge on any atom is 0.411 e. The number of aliphatic carboxylic acids is 1. The Bertz CT molecular complexity index is 1340. The van der Waals surface area contributed by atoms with Crippen molar-refractivity contribution in [3.05, 3.63) is 52.1 Å². The number of benzene rings is 2. The van der Waals surface area contributed by atoms with Gasteiger partial charge in [-0.2, -0.15) is 0 Å². The summed E-state index contributed by atoms with van der Waals surface area (Å²) in [5.41, 5.74) is 11.0. The molecular weight excluding hydrogens is 484 g/mol. The van der Waals surface area contributed by atoms with Gasteiger partial charge in [-0.15, -0.1) is 10.7 Å². The topological polar surface area (TPSA) is 78.9 Å². The lowest BCUT2D eigenvalue weighted by Crippen LogP contribution is -2.25. The number of carbonyl (C=O) groups excluding carboxylic acids is 1. The standard InChI is InChI=1S/C30H38N2O4S/c1-8-37(7)32-17-21-15-22(31-29(35)36-6)9-10-23(21)27-19(3)26(20-11-13-30(4,5)14-12-20)24(16-25(33)34)18(2)28(27)32/h8-11,15H,12-14,16-17H2,1-7H3,(H,31,35)(H,33,34). The molecule has 1 heterocycles. The molecule has 1 amide bonds. The largest absolute Gasteiger partial charge is 0.481 e. The lowest BCUT2D eigenvalue weighted by molar-refractivity contribution is -0.136. The second-order valence-electron chi connectivity index (χ2n) is 10.8. The van der Waals surface area contributed by atoms with Crippen LogP contribution < -0.4 is 9.62 Å². The summed E-state index contributed by atoms with van der Waals surface area (Å²) >= 11 is 0. The fraction of sp³-hybridized carbons (Fsp3) is 0.433. The number of nitrogens with one attached hydrogen (secondary N) is 1. The molecule has 2 aromatic rings. The van der Waals surface area contributed by atoms with E-state index in [1.165, 1.54) is 18.2 Å². The summed E-state index contributed by atoms with van der Waals surface area (Å²) < 4.78 is 7.17. The minimum atomic E-state index is -0.806. The Morgan fingerprint density at radius 1 is 1.22 bits per heavy atom. The molecule has 198 valence electrons. The Hall–Kier alpha value is -3.06. The molecule has 4 rings (SSSR count). The fourth-order valence-corrected chi connectivity index (χ4v) is 6.73. The number of hydrogen-bond acceptors (Lipinski definition) is 4. The number of fused-ring (bicyclic) bond motifs is 3. The molecule has 0 spiro atoms. The molecule has 0 bridgehead atoms. The quantitative estimate of drug-likeness (QED) is 0.402. The zero-order valence-corrected chi connectivity index (χ0v) is 23.8. The number of carboxylic acid groups (broad SMARTS) is 1. The summed E-state index contributed by atoms with van der Waals surface area (Å²) in [4.78, 5) is 23.9. The SMILES string of the molecule is C/C=S(/C)N1Cc2cc(NC(=O)OC)ccc2-c2c(C)c(C3=CCC(C)(C)CC3)c(CC(=O)O)c(C)c21. The van der Waals surface area contributed by atoms with Crippen LogP contribution in [0.15, 0.2) is 24.3 Å². The van der Waals surface area contributed by atoms with Gasteiger partial charge in [0.1, 0.15) is 0 Å². The van der Waals surface area contributed by atoms with Crippen LogP contribution in [0.25, 0.3) is 16.7 Å². The third kappa shape index (κ3) is 5.19. The molecule has 0 aromatic heterocycles. The van der Waals surface area contributed by atoms with E-state index in [0.29, 0.717) is 12.2 Å². The van der Waals surface area contributed by atoms with Gasteiger partial charge in [0.05, 0.1) is 25.8 Å². The van der Waals surface area contributed by atoms with Gasteiger partial charge in [0, 0.05) is 11.3 Å². The summed E-state index contributed by atoms with van der Waals surface area (Å²) in [5, 5.41) is 14.9. The van der Waals surface area contributed by atoms with Crippen molar-refractivity contribution < 1.29 is 19.4 Å². The molecular formula is C30H38N2O4S. The van der Waals surface area contributed by atoms with Crippen LogP contribution >= 0.6 is 10.7 Å². The number of carbonyl (C=O) groups is 2. The van der Waals surface area contributed by atoms with E-state index < -0.39 is 12.1 Å². The van der Waals surface area contributed by atoms with Crippen molar-refractivity contribution in [2.45, 2.75) is 66.8 Å². The predicted octanol–water partition coefficient (Wildman–Crippen LogP) is 7.33. The van der Waals surface area contributed by atoms with Crippen molar-refractivity contribution in [2.75, 3.05) is 23.0 Å². The van der Waals surface area contributed by atoms with E-state index in [1.54, 1.807) is 0 Å². The average molecular weight is 523 g/mol. The highest BCUT2D eigenvalue weighted by molar-refractivity contribution is 8.15. The molecule has 1 aliphatic heterocycles. The Kier molecular flexibility index (Phi) is 7.56. The molecule has 6 nitrogen and oxygen atoms in total. The van der Waals surface area contributed by atoms with Gasteiger partial charge in [-0.1, -0.05) is 26.0 Å². The van der Waals surface area contributed by atoms with Gasteiger partial charge in [-0.3, -0.25) is 10.1 Å². The number of ether oxygens (including phenoxy) is 1. The number of allylic oxidation sites excluding steroid dienone is 2. The highest BCUT2D eigenvalue weighted by atomic mass is 32.2. The zero-order chi connectivity index (χ0) is 27.1. The van der Waals surface area contributed by atoms with Crippen molar-refractivity contribution in [2.24, 2.45) is 5.41 Å². The highest BCUT2D eigenvalue weighted by Gasteiger charge is 2.32. The molecule has 7 heteroatoms. The number of hydrogen-bond donors (Lipinski definition) is 2. The first-order valence-corrected chi connectivity index (χ1v) is 14.4. The van der Waals surface area contributed by atoms with Gasteiger partial charge in [0.2, 0.25) is 0 Å². The summed E-state index contributed by atoms with van der Waals surface area (Å²) in [6, 6.07) is 6.01. The van der Waals surface area contributed by atoms with Crippen LogP contribution in [0.2, 0.25) is 0 Å². The number of nitrogens with zero attached hydrogens (tertiary/aromatic N) is 1. The van der Waals surface area contributed by atoms with E-state index >= 15 is 0 Å². The molecule has 37 heavy (non-hydrogen) atoms. The normalized spacial score (nSPS) is 16.9. The molecule has 0 saturated carbocycles. The first kappa shape index (κ1) is 27.0. The van der Waals surface area contributed by atoms with E-state index in [1.807, 2.05) is 12.1 Å².